The number of carbonyl (C=O) groups excluding carboxylic acids is 1. The molecule has 0 bridgehead atoms. The van der Waals surface area contributed by atoms with Crippen LogP contribution in [-0.4, -0.2) is 46.4 Å². The van der Waals surface area contributed by atoms with Gasteiger partial charge in [-0.2, -0.15) is 5.10 Å². The second-order valence-electron chi connectivity index (χ2n) is 7.32. The van der Waals surface area contributed by atoms with Crippen molar-refractivity contribution in [3.05, 3.63) is 17.5 Å². The summed E-state index contributed by atoms with van der Waals surface area (Å²) in [5.74, 6) is 0.556. The zero-order valence-electron chi connectivity index (χ0n) is 15.1. The summed E-state index contributed by atoms with van der Waals surface area (Å²) in [6.07, 6.45) is 8.08. The maximum Gasteiger partial charge on any atom is 0.315 e. The minimum atomic E-state index is 0.0143. The summed E-state index contributed by atoms with van der Waals surface area (Å²) < 4.78 is 2.01. The van der Waals surface area contributed by atoms with Crippen LogP contribution >= 0.6 is 0 Å². The Morgan fingerprint density at radius 2 is 2.12 bits per heavy atom. The van der Waals surface area contributed by atoms with Crippen LogP contribution in [0.2, 0.25) is 0 Å². The number of nitrogens with zero attached hydrogens (tertiary/aromatic N) is 3. The van der Waals surface area contributed by atoms with Crippen molar-refractivity contribution in [2.45, 2.75) is 65.1 Å². The maximum atomic E-state index is 12.0. The van der Waals surface area contributed by atoms with E-state index in [1.165, 1.54) is 18.4 Å². The number of aromatic nitrogens is 2. The van der Waals surface area contributed by atoms with Crippen molar-refractivity contribution >= 4 is 6.03 Å². The van der Waals surface area contributed by atoms with Crippen molar-refractivity contribution in [3.63, 3.8) is 0 Å². The third-order valence-electron chi connectivity index (χ3n) is 5.38. The Labute approximate surface area is 145 Å². The number of nitrogens with one attached hydrogen (secondary N) is 2. The normalized spacial score (nSPS) is 22.2. The van der Waals surface area contributed by atoms with Crippen LogP contribution in [0.3, 0.4) is 0 Å². The van der Waals surface area contributed by atoms with Crippen LogP contribution in [-0.2, 0) is 13.1 Å². The number of hydrogen-bond acceptors (Lipinski definition) is 3. The molecule has 2 heterocycles. The Hall–Kier alpha value is -1.56. The Bertz CT molecular complexity index is 550. The van der Waals surface area contributed by atoms with Crippen molar-refractivity contribution in [1.29, 1.82) is 0 Å². The summed E-state index contributed by atoms with van der Waals surface area (Å²) in [5.41, 5.74) is 2.46. The number of urea groups is 1. The third-order valence-corrected chi connectivity index (χ3v) is 5.38. The van der Waals surface area contributed by atoms with Crippen molar-refractivity contribution in [2.75, 3.05) is 19.6 Å². The van der Waals surface area contributed by atoms with Gasteiger partial charge in [-0.15, -0.1) is 0 Å². The molecule has 1 unspecified atom stereocenters. The van der Waals surface area contributed by atoms with Gasteiger partial charge in [0.05, 0.1) is 5.69 Å². The fourth-order valence-corrected chi connectivity index (χ4v) is 3.88. The Balaban J connectivity index is 1.38. The molecular weight excluding hydrogens is 302 g/mol. The summed E-state index contributed by atoms with van der Waals surface area (Å²) in [7, 11) is 0. The van der Waals surface area contributed by atoms with E-state index in [9.17, 15) is 4.79 Å². The molecule has 2 fully saturated rings. The van der Waals surface area contributed by atoms with Crippen LogP contribution in [0, 0.1) is 12.8 Å². The van der Waals surface area contributed by atoms with Gasteiger partial charge in [0, 0.05) is 44.0 Å². The minimum absolute atomic E-state index is 0.0143. The van der Waals surface area contributed by atoms with Gasteiger partial charge in [-0.3, -0.25) is 9.58 Å². The molecule has 24 heavy (non-hydrogen) atoms. The predicted octanol–water partition coefficient (Wildman–Crippen LogP) is 2.28. The molecule has 134 valence electrons. The quantitative estimate of drug-likeness (QED) is 0.839. The number of amides is 2. The first kappa shape index (κ1) is 17.3. The molecule has 1 aliphatic heterocycles. The standard InChI is InChI=1S/C18H31N5O/c1-3-23-13-16(14(2)21-23)12-22-9-8-15(11-22)10-19-18(24)20-17-6-4-5-7-17/h13,15,17H,3-12H2,1-2H3,(H2,19,20,24). The van der Waals surface area contributed by atoms with E-state index < -0.39 is 0 Å². The van der Waals surface area contributed by atoms with Gasteiger partial charge in [-0.05, 0) is 45.6 Å². The second-order valence-corrected chi connectivity index (χ2v) is 7.32. The van der Waals surface area contributed by atoms with Crippen LogP contribution in [0.5, 0.6) is 0 Å². The van der Waals surface area contributed by atoms with E-state index in [1.807, 2.05) is 4.68 Å². The van der Waals surface area contributed by atoms with Crippen LogP contribution in [0.25, 0.3) is 0 Å². The van der Waals surface area contributed by atoms with Gasteiger partial charge in [0.2, 0.25) is 0 Å². The monoisotopic (exact) mass is 333 g/mol. The molecule has 1 aliphatic carbocycles. The fourth-order valence-electron chi connectivity index (χ4n) is 3.88. The summed E-state index contributed by atoms with van der Waals surface area (Å²) in [5, 5.41) is 10.7. The fraction of sp³-hybridized carbons (Fsp3) is 0.778. The lowest BCUT2D eigenvalue weighted by molar-refractivity contribution is 0.234. The number of likely N-dealkylation sites (tertiary alicyclic amines) is 1. The van der Waals surface area contributed by atoms with Crippen LogP contribution in [0.1, 0.15) is 50.3 Å². The molecule has 1 saturated carbocycles. The zero-order valence-corrected chi connectivity index (χ0v) is 15.1. The first-order valence-electron chi connectivity index (χ1n) is 9.43. The molecule has 0 radical (unpaired) electrons. The van der Waals surface area contributed by atoms with E-state index in [0.717, 1.165) is 57.7 Å². The summed E-state index contributed by atoms with van der Waals surface area (Å²) in [4.78, 5) is 14.4. The SMILES string of the molecule is CCn1cc(CN2CCC(CNC(=O)NC3CCCC3)C2)c(C)n1. The highest BCUT2D eigenvalue weighted by Gasteiger charge is 2.24. The van der Waals surface area contributed by atoms with Gasteiger partial charge in [0.25, 0.3) is 0 Å². The van der Waals surface area contributed by atoms with Gasteiger partial charge in [-0.1, -0.05) is 12.8 Å². The predicted molar refractivity (Wildman–Crippen MR) is 94.8 cm³/mol. The first-order valence-corrected chi connectivity index (χ1v) is 9.43. The molecule has 3 rings (SSSR count). The molecule has 2 aliphatic rings. The average molecular weight is 333 g/mol. The van der Waals surface area contributed by atoms with E-state index >= 15 is 0 Å². The molecular formula is C18H31N5O. The molecule has 0 aromatic carbocycles. The van der Waals surface area contributed by atoms with Crippen molar-refractivity contribution in [3.8, 4) is 0 Å². The highest BCUT2D eigenvalue weighted by atomic mass is 16.2. The highest BCUT2D eigenvalue weighted by Crippen LogP contribution is 2.20. The van der Waals surface area contributed by atoms with Crippen molar-refractivity contribution in [2.24, 2.45) is 5.92 Å². The minimum Gasteiger partial charge on any atom is -0.338 e. The number of aryl methyl sites for hydroxylation is 2. The Morgan fingerprint density at radius 3 is 2.83 bits per heavy atom. The number of rotatable bonds is 6. The third kappa shape index (κ3) is 4.50. The molecule has 2 amide bonds. The number of hydrogen-bond donors (Lipinski definition) is 2. The van der Waals surface area contributed by atoms with E-state index in [-0.39, 0.29) is 6.03 Å². The van der Waals surface area contributed by atoms with Gasteiger partial charge < -0.3 is 10.6 Å². The molecule has 1 saturated heterocycles. The molecule has 6 heteroatoms. The summed E-state index contributed by atoms with van der Waals surface area (Å²) in [6.45, 7) is 9.03. The summed E-state index contributed by atoms with van der Waals surface area (Å²) in [6, 6.07) is 0.406. The Morgan fingerprint density at radius 1 is 1.33 bits per heavy atom. The lowest BCUT2D eigenvalue weighted by atomic mass is 10.1. The summed E-state index contributed by atoms with van der Waals surface area (Å²) >= 11 is 0. The van der Waals surface area contributed by atoms with E-state index in [4.69, 9.17) is 0 Å². The second kappa shape index (κ2) is 8.01. The van der Waals surface area contributed by atoms with Crippen molar-refractivity contribution < 1.29 is 4.79 Å². The highest BCUT2D eigenvalue weighted by molar-refractivity contribution is 5.74. The Kier molecular flexibility index (Phi) is 5.76. The van der Waals surface area contributed by atoms with E-state index in [1.54, 1.807) is 0 Å². The van der Waals surface area contributed by atoms with Gasteiger partial charge >= 0.3 is 6.03 Å². The topological polar surface area (TPSA) is 62.2 Å². The van der Waals surface area contributed by atoms with Crippen LogP contribution in [0.15, 0.2) is 6.20 Å². The average Bonchev–Trinajstić information content (AvgIpc) is 3.29. The van der Waals surface area contributed by atoms with Gasteiger partial charge in [0.15, 0.2) is 0 Å². The first-order chi connectivity index (χ1) is 11.6. The van der Waals surface area contributed by atoms with Gasteiger partial charge in [0.1, 0.15) is 0 Å². The number of carbonyl (C=O) groups is 1. The largest absolute Gasteiger partial charge is 0.338 e. The molecule has 1 aromatic rings. The molecule has 0 spiro atoms. The molecule has 1 atom stereocenters. The lowest BCUT2D eigenvalue weighted by Gasteiger charge is -2.17. The smallest absolute Gasteiger partial charge is 0.315 e. The van der Waals surface area contributed by atoms with E-state index in [2.05, 4.69) is 40.7 Å². The van der Waals surface area contributed by atoms with Crippen LogP contribution < -0.4 is 10.6 Å². The van der Waals surface area contributed by atoms with Gasteiger partial charge in [-0.25, -0.2) is 4.79 Å². The molecule has 1 aromatic heterocycles. The van der Waals surface area contributed by atoms with Crippen molar-refractivity contribution in [1.82, 2.24) is 25.3 Å². The maximum absolute atomic E-state index is 12.0. The van der Waals surface area contributed by atoms with E-state index in [0.29, 0.717) is 12.0 Å². The zero-order chi connectivity index (χ0) is 16.9. The lowest BCUT2D eigenvalue weighted by Crippen LogP contribution is -2.42. The van der Waals surface area contributed by atoms with Crippen LogP contribution in [0.4, 0.5) is 4.79 Å². The molecule has 2 N–H and O–H groups in total. The molecule has 6 nitrogen and oxygen atoms in total.